The van der Waals surface area contributed by atoms with Crippen LogP contribution in [0.15, 0.2) is 49.6 Å². The van der Waals surface area contributed by atoms with Crippen LogP contribution >= 0.6 is 0 Å². The zero-order chi connectivity index (χ0) is 32.9. The van der Waals surface area contributed by atoms with E-state index in [0.29, 0.717) is 56.8 Å². The van der Waals surface area contributed by atoms with Gasteiger partial charge < -0.3 is 29.3 Å². The van der Waals surface area contributed by atoms with Gasteiger partial charge in [0.05, 0.1) is 36.7 Å². The van der Waals surface area contributed by atoms with Gasteiger partial charge in [-0.25, -0.2) is 0 Å². The Bertz CT molecular complexity index is 1230. The third-order valence-electron chi connectivity index (χ3n) is 9.95. The van der Waals surface area contributed by atoms with Crippen molar-refractivity contribution in [1.82, 2.24) is 9.80 Å². The van der Waals surface area contributed by atoms with Crippen LogP contribution in [-0.4, -0.2) is 88.8 Å². The van der Waals surface area contributed by atoms with Crippen molar-refractivity contribution in [3.8, 4) is 5.75 Å². The molecule has 4 rings (SSSR count). The van der Waals surface area contributed by atoms with Gasteiger partial charge in [-0.15, -0.1) is 13.2 Å². The molecule has 0 aliphatic carbocycles. The molecule has 3 fully saturated rings. The summed E-state index contributed by atoms with van der Waals surface area (Å²) in [6.07, 6.45) is 7.22. The predicted molar refractivity (Wildman–Crippen MR) is 176 cm³/mol. The Morgan fingerprint density at radius 2 is 1.80 bits per heavy atom. The second-order valence-electron chi connectivity index (χ2n) is 13.1. The smallest absolute Gasteiger partial charge is 0.248 e. The minimum atomic E-state index is -1.17. The normalized spacial score (nSPS) is 27.4. The molecule has 3 amide bonds. The van der Waals surface area contributed by atoms with Crippen molar-refractivity contribution in [1.29, 1.82) is 0 Å². The molecule has 3 saturated heterocycles. The number of benzene rings is 1. The van der Waals surface area contributed by atoms with Crippen molar-refractivity contribution in [3.05, 3.63) is 49.6 Å². The van der Waals surface area contributed by atoms with Crippen LogP contribution < -0.4 is 9.64 Å². The topological polar surface area (TPSA) is 99.6 Å². The number of fused-ring (bicyclic) bond motifs is 1. The third kappa shape index (κ3) is 6.18. The number of aliphatic hydroxyl groups excluding tert-OH is 1. The van der Waals surface area contributed by atoms with Crippen molar-refractivity contribution in [2.75, 3.05) is 37.7 Å². The van der Waals surface area contributed by atoms with Gasteiger partial charge in [-0.3, -0.25) is 14.4 Å². The molecule has 1 aromatic rings. The first-order valence-corrected chi connectivity index (χ1v) is 16.8. The molecule has 248 valence electrons. The van der Waals surface area contributed by atoms with Gasteiger partial charge in [0.15, 0.2) is 0 Å². The average molecular weight is 624 g/mol. The number of rotatable bonds is 17. The summed E-state index contributed by atoms with van der Waals surface area (Å²) in [5.41, 5.74) is -1.38. The number of anilines is 1. The number of carbonyl (C=O) groups is 3. The monoisotopic (exact) mass is 623 g/mol. The Kier molecular flexibility index (Phi) is 11.2. The van der Waals surface area contributed by atoms with E-state index in [2.05, 4.69) is 20.1 Å². The number of unbranched alkanes of at least 4 members (excludes halogenated alkanes) is 1. The zero-order valence-corrected chi connectivity index (χ0v) is 27.9. The van der Waals surface area contributed by atoms with Gasteiger partial charge in [-0.2, -0.15) is 0 Å². The van der Waals surface area contributed by atoms with E-state index >= 15 is 0 Å². The molecule has 1 spiro atoms. The Balaban J connectivity index is 1.83. The molecule has 2 unspecified atom stereocenters. The summed E-state index contributed by atoms with van der Waals surface area (Å²) >= 11 is 0. The highest BCUT2D eigenvalue weighted by atomic mass is 16.5. The first-order valence-electron chi connectivity index (χ1n) is 16.8. The van der Waals surface area contributed by atoms with Crippen LogP contribution in [0.1, 0.15) is 73.1 Å². The van der Waals surface area contributed by atoms with Crippen molar-refractivity contribution < 1.29 is 29.0 Å². The van der Waals surface area contributed by atoms with E-state index in [1.54, 1.807) is 26.9 Å². The van der Waals surface area contributed by atoms with Gasteiger partial charge in [0.2, 0.25) is 17.7 Å². The molecule has 9 heteroatoms. The van der Waals surface area contributed by atoms with Gasteiger partial charge in [0, 0.05) is 25.3 Å². The lowest BCUT2D eigenvalue weighted by Crippen LogP contribution is -2.59. The third-order valence-corrected chi connectivity index (χ3v) is 9.95. The largest absolute Gasteiger partial charge is 0.494 e. The van der Waals surface area contributed by atoms with Gasteiger partial charge >= 0.3 is 0 Å². The SMILES string of the molecule is C=CCN(CCCC)C(=O)C1N([C@@H](CO)CC(C)C)C(=O)[C@@H]2[C@H](C(=O)N(CC=C)c3ccc(OCC)cc3)[C@]3(CC)CCC12O3. The Morgan fingerprint density at radius 3 is 2.36 bits per heavy atom. The first-order chi connectivity index (χ1) is 21.6. The van der Waals surface area contributed by atoms with Gasteiger partial charge in [0.25, 0.3) is 0 Å². The van der Waals surface area contributed by atoms with Crippen LogP contribution in [0, 0.1) is 17.8 Å². The summed E-state index contributed by atoms with van der Waals surface area (Å²) in [4.78, 5) is 49.3. The van der Waals surface area contributed by atoms with Gasteiger partial charge in [-0.1, -0.05) is 46.3 Å². The molecule has 9 nitrogen and oxygen atoms in total. The number of nitrogens with zero attached hydrogens (tertiary/aromatic N) is 3. The van der Waals surface area contributed by atoms with E-state index in [1.165, 1.54) is 0 Å². The van der Waals surface area contributed by atoms with Crippen molar-refractivity contribution in [3.63, 3.8) is 0 Å². The molecule has 2 bridgehead atoms. The van der Waals surface area contributed by atoms with Crippen LogP contribution in [0.5, 0.6) is 5.75 Å². The summed E-state index contributed by atoms with van der Waals surface area (Å²) in [5, 5.41) is 10.6. The highest BCUT2D eigenvalue weighted by Gasteiger charge is 2.79. The summed E-state index contributed by atoms with van der Waals surface area (Å²) in [6, 6.07) is 5.83. The van der Waals surface area contributed by atoms with E-state index in [-0.39, 0.29) is 36.8 Å². The molecule has 0 radical (unpaired) electrons. The molecule has 6 atom stereocenters. The van der Waals surface area contributed by atoms with E-state index in [4.69, 9.17) is 9.47 Å². The zero-order valence-electron chi connectivity index (χ0n) is 27.9. The van der Waals surface area contributed by atoms with Crippen LogP contribution in [0.25, 0.3) is 0 Å². The second kappa shape index (κ2) is 14.5. The maximum atomic E-state index is 14.8. The highest BCUT2D eigenvalue weighted by Crippen LogP contribution is 2.65. The van der Waals surface area contributed by atoms with Crippen molar-refractivity contribution in [2.24, 2.45) is 17.8 Å². The van der Waals surface area contributed by atoms with Gasteiger partial charge in [-0.05, 0) is 69.2 Å². The summed E-state index contributed by atoms with van der Waals surface area (Å²) in [5.74, 6) is -1.45. The van der Waals surface area contributed by atoms with E-state index in [0.717, 1.165) is 12.8 Å². The fourth-order valence-corrected chi connectivity index (χ4v) is 8.00. The second-order valence-corrected chi connectivity index (χ2v) is 13.1. The lowest BCUT2D eigenvalue weighted by molar-refractivity contribution is -0.156. The number of amides is 3. The van der Waals surface area contributed by atoms with Crippen LogP contribution in [-0.2, 0) is 19.1 Å². The molecule has 0 aromatic heterocycles. The molecular weight excluding hydrogens is 570 g/mol. The number of hydrogen-bond acceptors (Lipinski definition) is 6. The summed E-state index contributed by atoms with van der Waals surface area (Å²) in [7, 11) is 0. The molecule has 1 N–H and O–H groups in total. The molecular formula is C36H53N3O6. The Hall–Kier alpha value is -3.17. The van der Waals surface area contributed by atoms with Crippen molar-refractivity contribution >= 4 is 23.4 Å². The van der Waals surface area contributed by atoms with E-state index < -0.39 is 35.1 Å². The number of aliphatic hydroxyl groups is 1. The molecule has 3 aliphatic rings. The lowest BCUT2D eigenvalue weighted by atomic mass is 9.64. The quantitative estimate of drug-likeness (QED) is 0.246. The van der Waals surface area contributed by atoms with Crippen LogP contribution in [0.4, 0.5) is 5.69 Å². The number of ether oxygens (including phenoxy) is 2. The Morgan fingerprint density at radius 1 is 1.11 bits per heavy atom. The minimum absolute atomic E-state index is 0.174. The molecule has 3 heterocycles. The molecule has 1 aromatic carbocycles. The van der Waals surface area contributed by atoms with E-state index in [1.807, 2.05) is 52.0 Å². The number of hydrogen-bond donors (Lipinski definition) is 1. The highest BCUT2D eigenvalue weighted by molar-refractivity contribution is 6.03. The lowest BCUT2D eigenvalue weighted by Gasteiger charge is -2.40. The fraction of sp³-hybridized carbons (Fsp3) is 0.639. The maximum Gasteiger partial charge on any atom is 0.248 e. The number of likely N-dealkylation sites (tertiary alicyclic amines) is 1. The fourth-order valence-electron chi connectivity index (χ4n) is 8.00. The average Bonchev–Trinajstić information content (AvgIpc) is 3.64. The number of carbonyl (C=O) groups excluding carboxylic acids is 3. The predicted octanol–water partition coefficient (Wildman–Crippen LogP) is 4.98. The maximum absolute atomic E-state index is 14.8. The minimum Gasteiger partial charge on any atom is -0.494 e. The Labute approximate surface area is 269 Å². The molecule has 45 heavy (non-hydrogen) atoms. The molecule has 3 aliphatic heterocycles. The van der Waals surface area contributed by atoms with Crippen LogP contribution in [0.2, 0.25) is 0 Å². The van der Waals surface area contributed by atoms with E-state index in [9.17, 15) is 19.5 Å². The van der Waals surface area contributed by atoms with Gasteiger partial charge in [0.1, 0.15) is 17.4 Å². The van der Waals surface area contributed by atoms with Crippen LogP contribution in [0.3, 0.4) is 0 Å². The van der Waals surface area contributed by atoms with Crippen molar-refractivity contribution in [2.45, 2.75) is 96.4 Å². The summed E-state index contributed by atoms with van der Waals surface area (Å²) < 4.78 is 12.6. The molecule has 0 saturated carbocycles. The first kappa shape index (κ1) is 34.7. The summed E-state index contributed by atoms with van der Waals surface area (Å²) in [6.45, 7) is 19.2. The standard InChI is InChI=1S/C36H53N3O6/c1-8-13-22-37(20-9-2)34(43)31-36-19-18-35(11-4,45-36)29(30(36)33(42)39(31)27(24-40)23-25(6)7)32(41)38(21-10-3)26-14-16-28(17-15-26)44-12-5/h9-10,14-17,25,27,29-31,40H,2-3,8,11-13,18-24H2,1,4-7H3/t27-,29-,30+,31?,35+,36?/m1/s1.